The third-order valence-corrected chi connectivity index (χ3v) is 5.12. The standard InChI is InChI=1S/C25H17BrO5/c1-16-25(31-21-10-6-5-9-20(21)26)24(28)19-13-12-18(15-22(19)29-16)30-23(27)14-11-17-7-3-2-4-8-17/h2-15H,1H3/b14-11+. The van der Waals surface area contributed by atoms with Gasteiger partial charge in [-0.15, -0.1) is 0 Å². The summed E-state index contributed by atoms with van der Waals surface area (Å²) >= 11 is 3.40. The van der Waals surface area contributed by atoms with E-state index in [1.807, 2.05) is 48.5 Å². The molecular weight excluding hydrogens is 460 g/mol. The fourth-order valence-electron chi connectivity index (χ4n) is 2.97. The number of benzene rings is 3. The highest BCUT2D eigenvalue weighted by atomic mass is 79.9. The number of hydrogen-bond acceptors (Lipinski definition) is 5. The molecule has 3 aromatic carbocycles. The van der Waals surface area contributed by atoms with Gasteiger partial charge in [-0.1, -0.05) is 42.5 Å². The maximum Gasteiger partial charge on any atom is 0.336 e. The molecule has 154 valence electrons. The SMILES string of the molecule is Cc1oc2cc(OC(=O)/C=C/c3ccccc3)ccc2c(=O)c1Oc1ccccc1Br. The zero-order valence-corrected chi connectivity index (χ0v) is 18.1. The quantitative estimate of drug-likeness (QED) is 0.193. The largest absolute Gasteiger partial charge is 0.457 e. The smallest absolute Gasteiger partial charge is 0.336 e. The van der Waals surface area contributed by atoms with E-state index in [1.165, 1.54) is 12.1 Å². The molecular formula is C25H17BrO5. The van der Waals surface area contributed by atoms with Crippen LogP contribution in [0.25, 0.3) is 17.0 Å². The summed E-state index contributed by atoms with van der Waals surface area (Å²) in [5.41, 5.74) is 0.882. The van der Waals surface area contributed by atoms with Crippen LogP contribution in [-0.2, 0) is 4.79 Å². The molecule has 0 saturated carbocycles. The van der Waals surface area contributed by atoms with Gasteiger partial charge in [0.15, 0.2) is 0 Å². The molecule has 0 spiro atoms. The summed E-state index contributed by atoms with van der Waals surface area (Å²) in [6.45, 7) is 1.65. The van der Waals surface area contributed by atoms with Gasteiger partial charge in [0.1, 0.15) is 22.8 Å². The Morgan fingerprint density at radius 2 is 1.74 bits per heavy atom. The van der Waals surface area contributed by atoms with Crippen LogP contribution in [0.5, 0.6) is 17.2 Å². The van der Waals surface area contributed by atoms with E-state index < -0.39 is 5.97 Å². The number of aryl methyl sites for hydroxylation is 1. The molecule has 1 heterocycles. The van der Waals surface area contributed by atoms with Crippen molar-refractivity contribution in [1.29, 1.82) is 0 Å². The lowest BCUT2D eigenvalue weighted by molar-refractivity contribution is -0.128. The Balaban J connectivity index is 1.58. The lowest BCUT2D eigenvalue weighted by Crippen LogP contribution is -2.08. The Labute approximate surface area is 186 Å². The van der Waals surface area contributed by atoms with E-state index >= 15 is 0 Å². The van der Waals surface area contributed by atoms with Crippen molar-refractivity contribution in [3.63, 3.8) is 0 Å². The molecule has 0 amide bonds. The number of esters is 1. The van der Waals surface area contributed by atoms with Crippen molar-refractivity contribution in [3.8, 4) is 17.2 Å². The number of para-hydroxylation sites is 1. The van der Waals surface area contributed by atoms with Crippen LogP contribution in [0.3, 0.4) is 0 Å². The van der Waals surface area contributed by atoms with Gasteiger partial charge in [-0.25, -0.2) is 4.79 Å². The first-order chi connectivity index (χ1) is 15.0. The first-order valence-electron chi connectivity index (χ1n) is 9.46. The minimum atomic E-state index is -0.531. The van der Waals surface area contributed by atoms with Crippen LogP contribution >= 0.6 is 15.9 Å². The number of hydrogen-bond donors (Lipinski definition) is 0. The maximum atomic E-state index is 12.9. The number of fused-ring (bicyclic) bond motifs is 1. The van der Waals surface area contributed by atoms with E-state index in [4.69, 9.17) is 13.9 Å². The summed E-state index contributed by atoms with van der Waals surface area (Å²) in [6, 6.07) is 21.3. The maximum absolute atomic E-state index is 12.9. The van der Waals surface area contributed by atoms with E-state index in [-0.39, 0.29) is 16.9 Å². The molecule has 0 unspecified atom stereocenters. The van der Waals surface area contributed by atoms with Crippen LogP contribution in [0.1, 0.15) is 11.3 Å². The molecule has 0 radical (unpaired) electrons. The monoisotopic (exact) mass is 476 g/mol. The van der Waals surface area contributed by atoms with Crippen LogP contribution in [0.15, 0.2) is 92.6 Å². The Bertz CT molecular complexity index is 1340. The number of rotatable bonds is 5. The number of carbonyl (C=O) groups is 1. The van der Waals surface area contributed by atoms with Crippen LogP contribution in [-0.4, -0.2) is 5.97 Å². The number of halogens is 1. The second-order valence-electron chi connectivity index (χ2n) is 6.67. The molecule has 5 nitrogen and oxygen atoms in total. The van der Waals surface area contributed by atoms with Gasteiger partial charge in [0.05, 0.1) is 9.86 Å². The molecule has 0 aliphatic heterocycles. The van der Waals surface area contributed by atoms with Gasteiger partial charge in [-0.3, -0.25) is 4.79 Å². The highest BCUT2D eigenvalue weighted by Gasteiger charge is 2.16. The fourth-order valence-corrected chi connectivity index (χ4v) is 3.33. The molecule has 0 saturated heterocycles. The summed E-state index contributed by atoms with van der Waals surface area (Å²) in [4.78, 5) is 25.1. The second kappa shape index (κ2) is 9.02. The van der Waals surface area contributed by atoms with Gasteiger partial charge in [-0.2, -0.15) is 0 Å². The Kier molecular flexibility index (Phi) is 6.00. The van der Waals surface area contributed by atoms with Gasteiger partial charge in [0, 0.05) is 12.1 Å². The van der Waals surface area contributed by atoms with Crippen molar-refractivity contribution in [1.82, 2.24) is 0 Å². The minimum Gasteiger partial charge on any atom is -0.457 e. The highest BCUT2D eigenvalue weighted by Crippen LogP contribution is 2.31. The average Bonchev–Trinajstić information content (AvgIpc) is 2.77. The minimum absolute atomic E-state index is 0.106. The molecule has 31 heavy (non-hydrogen) atoms. The predicted molar refractivity (Wildman–Crippen MR) is 123 cm³/mol. The van der Waals surface area contributed by atoms with Gasteiger partial charge >= 0.3 is 5.97 Å². The first kappa shape index (κ1) is 20.6. The van der Waals surface area contributed by atoms with Crippen molar-refractivity contribution >= 4 is 38.9 Å². The molecule has 1 aromatic heterocycles. The fraction of sp³-hybridized carbons (Fsp3) is 0.0400. The van der Waals surface area contributed by atoms with Crippen molar-refractivity contribution in [2.24, 2.45) is 0 Å². The molecule has 0 aliphatic rings. The lowest BCUT2D eigenvalue weighted by atomic mass is 10.2. The number of ether oxygens (including phenoxy) is 2. The summed E-state index contributed by atoms with van der Waals surface area (Å²) in [5, 5.41) is 0.326. The molecule has 0 fully saturated rings. The summed E-state index contributed by atoms with van der Waals surface area (Å²) in [6.07, 6.45) is 3.01. The van der Waals surface area contributed by atoms with Crippen molar-refractivity contribution < 1.29 is 18.7 Å². The van der Waals surface area contributed by atoms with Crippen molar-refractivity contribution in [3.05, 3.63) is 105 Å². The van der Waals surface area contributed by atoms with Gasteiger partial charge in [0.25, 0.3) is 0 Å². The summed E-state index contributed by atoms with van der Waals surface area (Å²) in [5.74, 6) is 0.678. The van der Waals surface area contributed by atoms with Crippen LogP contribution in [0, 0.1) is 6.92 Å². The van der Waals surface area contributed by atoms with Crippen LogP contribution in [0.2, 0.25) is 0 Å². The topological polar surface area (TPSA) is 65.7 Å². The van der Waals surface area contributed by atoms with E-state index in [0.29, 0.717) is 22.5 Å². The van der Waals surface area contributed by atoms with E-state index in [2.05, 4.69) is 15.9 Å². The Morgan fingerprint density at radius 1 is 1.00 bits per heavy atom. The van der Waals surface area contributed by atoms with E-state index in [0.717, 1.165) is 10.0 Å². The van der Waals surface area contributed by atoms with Crippen LogP contribution < -0.4 is 14.9 Å². The molecule has 4 rings (SSSR count). The molecule has 0 atom stereocenters. The second-order valence-corrected chi connectivity index (χ2v) is 7.53. The van der Waals surface area contributed by atoms with E-state index in [1.54, 1.807) is 31.2 Å². The number of carbonyl (C=O) groups excluding carboxylic acids is 1. The molecule has 4 aromatic rings. The first-order valence-corrected chi connectivity index (χ1v) is 10.3. The third-order valence-electron chi connectivity index (χ3n) is 4.47. The van der Waals surface area contributed by atoms with Gasteiger partial charge in [0.2, 0.25) is 11.2 Å². The van der Waals surface area contributed by atoms with Gasteiger partial charge in [-0.05, 0) is 58.8 Å². The van der Waals surface area contributed by atoms with E-state index in [9.17, 15) is 9.59 Å². The third kappa shape index (κ3) is 4.75. The van der Waals surface area contributed by atoms with Crippen molar-refractivity contribution in [2.75, 3.05) is 0 Å². The molecule has 6 heteroatoms. The predicted octanol–water partition coefficient (Wildman–Crippen LogP) is 6.28. The highest BCUT2D eigenvalue weighted by molar-refractivity contribution is 9.10. The Hall–Kier alpha value is -3.64. The summed E-state index contributed by atoms with van der Waals surface area (Å²) in [7, 11) is 0. The lowest BCUT2D eigenvalue weighted by Gasteiger charge is -2.10. The zero-order chi connectivity index (χ0) is 21.8. The molecule has 0 aliphatic carbocycles. The van der Waals surface area contributed by atoms with Crippen molar-refractivity contribution in [2.45, 2.75) is 6.92 Å². The Morgan fingerprint density at radius 3 is 2.52 bits per heavy atom. The van der Waals surface area contributed by atoms with Crippen LogP contribution in [0.4, 0.5) is 0 Å². The average molecular weight is 477 g/mol. The summed E-state index contributed by atoms with van der Waals surface area (Å²) < 4.78 is 17.6. The molecule has 0 bridgehead atoms. The van der Waals surface area contributed by atoms with Gasteiger partial charge < -0.3 is 13.9 Å². The normalized spacial score (nSPS) is 11.0. The molecule has 0 N–H and O–H groups in total. The zero-order valence-electron chi connectivity index (χ0n) is 16.5.